The number of hydrogen-bond donors (Lipinski definition) is 2. The molecule has 3 rings (SSSR count). The molecule has 0 atom stereocenters. The number of fused-ring (bicyclic) bond motifs is 1. The molecular weight excluding hydrogens is 409 g/mol. The van der Waals surface area contributed by atoms with E-state index in [2.05, 4.69) is 31.4 Å². The van der Waals surface area contributed by atoms with E-state index in [1.807, 2.05) is 11.4 Å². The van der Waals surface area contributed by atoms with Gasteiger partial charge >= 0.3 is 0 Å². The second-order valence-electron chi connectivity index (χ2n) is 4.32. The lowest BCUT2D eigenvalue weighted by molar-refractivity contribution is 0.480. The van der Waals surface area contributed by atoms with Crippen LogP contribution in [0.4, 0.5) is 5.82 Å². The zero-order valence-electron chi connectivity index (χ0n) is 10.8. The fourth-order valence-electron chi connectivity index (χ4n) is 1.82. The summed E-state index contributed by atoms with van der Waals surface area (Å²) in [4.78, 5) is 5.28. The molecular formula is C14H8BrCl2N3OS. The number of thiophene rings is 1. The highest BCUT2D eigenvalue weighted by molar-refractivity contribution is 9.10. The lowest BCUT2D eigenvalue weighted by Gasteiger charge is -2.06. The van der Waals surface area contributed by atoms with Crippen molar-refractivity contribution in [1.82, 2.24) is 4.98 Å². The minimum absolute atomic E-state index is 0.101. The van der Waals surface area contributed by atoms with Gasteiger partial charge in [-0.25, -0.2) is 4.98 Å². The van der Waals surface area contributed by atoms with Crippen LogP contribution < -0.4 is 5.43 Å². The third-order valence-electron chi connectivity index (χ3n) is 2.82. The van der Waals surface area contributed by atoms with Crippen molar-refractivity contribution in [3.63, 3.8) is 0 Å². The Morgan fingerprint density at radius 3 is 2.82 bits per heavy atom. The number of aromatic nitrogens is 1. The summed E-state index contributed by atoms with van der Waals surface area (Å²) >= 11 is 16.9. The first-order valence-electron chi connectivity index (χ1n) is 6.05. The van der Waals surface area contributed by atoms with Crippen LogP contribution in [0.1, 0.15) is 4.88 Å². The standard InChI is InChI=1S/C14H8BrCl2N3OS/c15-7-3-8(22-6-7)5-18-20-12-2-1-9-10(16)4-11(17)14(21)13(9)19-12/h1-6,21H,(H,19,20)/b18-5+. The van der Waals surface area contributed by atoms with Gasteiger partial charge in [-0.1, -0.05) is 23.2 Å². The summed E-state index contributed by atoms with van der Waals surface area (Å²) < 4.78 is 1.01. The van der Waals surface area contributed by atoms with Gasteiger partial charge in [0.1, 0.15) is 11.3 Å². The molecule has 0 amide bonds. The molecule has 112 valence electrons. The van der Waals surface area contributed by atoms with Gasteiger partial charge in [-0.2, -0.15) is 5.10 Å². The molecule has 0 unspecified atom stereocenters. The third kappa shape index (κ3) is 3.20. The summed E-state index contributed by atoms with van der Waals surface area (Å²) in [5, 5.41) is 17.3. The molecule has 0 bridgehead atoms. The van der Waals surface area contributed by atoms with E-state index in [1.54, 1.807) is 29.7 Å². The lowest BCUT2D eigenvalue weighted by Crippen LogP contribution is -1.93. The van der Waals surface area contributed by atoms with Crippen molar-refractivity contribution in [2.24, 2.45) is 5.10 Å². The monoisotopic (exact) mass is 415 g/mol. The molecule has 2 aromatic heterocycles. The van der Waals surface area contributed by atoms with E-state index in [9.17, 15) is 5.11 Å². The van der Waals surface area contributed by atoms with Gasteiger partial charge in [0, 0.05) is 20.1 Å². The predicted molar refractivity (Wildman–Crippen MR) is 96.7 cm³/mol. The second kappa shape index (κ2) is 6.42. The third-order valence-corrected chi connectivity index (χ3v) is 5.04. The van der Waals surface area contributed by atoms with Crippen LogP contribution in [0, 0.1) is 0 Å². The highest BCUT2D eigenvalue weighted by atomic mass is 79.9. The molecule has 0 aliphatic heterocycles. The number of pyridine rings is 1. The van der Waals surface area contributed by atoms with Gasteiger partial charge in [0.15, 0.2) is 5.75 Å². The lowest BCUT2D eigenvalue weighted by atomic mass is 10.2. The van der Waals surface area contributed by atoms with Crippen LogP contribution >= 0.6 is 50.5 Å². The SMILES string of the molecule is Oc1c(Cl)cc(Cl)c2ccc(N/N=C/c3cc(Br)cs3)nc12. The number of nitrogens with one attached hydrogen (secondary N) is 1. The van der Waals surface area contributed by atoms with E-state index in [1.165, 1.54) is 6.07 Å². The Balaban J connectivity index is 1.89. The van der Waals surface area contributed by atoms with E-state index in [0.717, 1.165) is 9.35 Å². The van der Waals surface area contributed by atoms with Gasteiger partial charge < -0.3 is 5.11 Å². The van der Waals surface area contributed by atoms with Crippen molar-refractivity contribution in [1.29, 1.82) is 0 Å². The van der Waals surface area contributed by atoms with Crippen LogP contribution in [0.15, 0.2) is 39.2 Å². The second-order valence-corrected chi connectivity index (χ2v) is 6.99. The van der Waals surface area contributed by atoms with Gasteiger partial charge in [-0.3, -0.25) is 5.43 Å². The van der Waals surface area contributed by atoms with E-state index >= 15 is 0 Å². The van der Waals surface area contributed by atoms with Crippen molar-refractivity contribution in [2.75, 3.05) is 5.43 Å². The van der Waals surface area contributed by atoms with Gasteiger partial charge in [0.05, 0.1) is 16.3 Å². The molecule has 0 aliphatic rings. The van der Waals surface area contributed by atoms with Crippen molar-refractivity contribution >= 4 is 73.4 Å². The number of anilines is 1. The summed E-state index contributed by atoms with van der Waals surface area (Å²) in [6.45, 7) is 0. The Morgan fingerprint density at radius 1 is 1.27 bits per heavy atom. The maximum absolute atomic E-state index is 9.99. The normalized spacial score (nSPS) is 11.4. The molecule has 2 N–H and O–H groups in total. The molecule has 0 radical (unpaired) electrons. The maximum atomic E-state index is 9.99. The van der Waals surface area contributed by atoms with Gasteiger partial charge in [0.2, 0.25) is 0 Å². The number of hydrogen-bond acceptors (Lipinski definition) is 5. The average Bonchev–Trinajstić information content (AvgIpc) is 2.90. The van der Waals surface area contributed by atoms with Gasteiger partial charge in [0.25, 0.3) is 0 Å². The number of benzene rings is 1. The Kier molecular flexibility index (Phi) is 4.54. The van der Waals surface area contributed by atoms with Crippen LogP contribution in [-0.4, -0.2) is 16.3 Å². The maximum Gasteiger partial charge on any atom is 0.160 e. The van der Waals surface area contributed by atoms with E-state index in [-0.39, 0.29) is 10.8 Å². The van der Waals surface area contributed by atoms with Crippen molar-refractivity contribution < 1.29 is 5.11 Å². The first kappa shape index (κ1) is 15.6. The summed E-state index contributed by atoms with van der Waals surface area (Å²) in [5.41, 5.74) is 3.14. The summed E-state index contributed by atoms with van der Waals surface area (Å²) in [6.07, 6.45) is 1.69. The van der Waals surface area contributed by atoms with Crippen LogP contribution in [-0.2, 0) is 0 Å². The highest BCUT2D eigenvalue weighted by Gasteiger charge is 2.11. The van der Waals surface area contributed by atoms with Crippen LogP contribution in [0.2, 0.25) is 10.0 Å². The van der Waals surface area contributed by atoms with Crippen LogP contribution in [0.3, 0.4) is 0 Å². The number of hydrazone groups is 1. The van der Waals surface area contributed by atoms with Gasteiger partial charge in [-0.05, 0) is 40.2 Å². The Labute approximate surface area is 148 Å². The molecule has 3 aromatic rings. The number of nitrogens with zero attached hydrogens (tertiary/aromatic N) is 2. The predicted octanol–water partition coefficient (Wildman–Crippen LogP) is 5.52. The Morgan fingerprint density at radius 2 is 2.09 bits per heavy atom. The molecule has 22 heavy (non-hydrogen) atoms. The quantitative estimate of drug-likeness (QED) is 0.436. The van der Waals surface area contributed by atoms with E-state index in [0.29, 0.717) is 21.7 Å². The molecule has 8 heteroatoms. The fraction of sp³-hybridized carbons (Fsp3) is 0. The molecule has 1 aromatic carbocycles. The van der Waals surface area contributed by atoms with Crippen LogP contribution in [0.5, 0.6) is 5.75 Å². The number of halogens is 3. The van der Waals surface area contributed by atoms with Crippen molar-refractivity contribution in [3.05, 3.63) is 49.0 Å². The zero-order chi connectivity index (χ0) is 15.7. The first-order valence-corrected chi connectivity index (χ1v) is 8.48. The minimum atomic E-state index is -0.101. The largest absolute Gasteiger partial charge is 0.504 e. The van der Waals surface area contributed by atoms with Crippen molar-refractivity contribution in [2.45, 2.75) is 0 Å². The number of aromatic hydroxyl groups is 1. The molecule has 0 saturated carbocycles. The molecule has 0 aliphatic carbocycles. The molecule has 0 saturated heterocycles. The van der Waals surface area contributed by atoms with E-state index < -0.39 is 0 Å². The summed E-state index contributed by atoms with van der Waals surface area (Å²) in [5.74, 6) is 0.379. The first-order chi connectivity index (χ1) is 10.5. The van der Waals surface area contributed by atoms with Gasteiger partial charge in [-0.15, -0.1) is 11.3 Å². The molecule has 4 nitrogen and oxygen atoms in total. The summed E-state index contributed by atoms with van der Waals surface area (Å²) in [6, 6.07) is 6.92. The fourth-order valence-corrected chi connectivity index (χ4v) is 3.64. The highest BCUT2D eigenvalue weighted by Crippen LogP contribution is 2.36. The summed E-state index contributed by atoms with van der Waals surface area (Å²) in [7, 11) is 0. The molecule has 0 spiro atoms. The minimum Gasteiger partial charge on any atom is -0.504 e. The zero-order valence-corrected chi connectivity index (χ0v) is 14.8. The number of phenolic OH excluding ortho intramolecular Hbond substituents is 1. The topological polar surface area (TPSA) is 57.5 Å². The van der Waals surface area contributed by atoms with Crippen molar-refractivity contribution in [3.8, 4) is 5.75 Å². The number of phenols is 1. The van der Waals surface area contributed by atoms with E-state index in [4.69, 9.17) is 23.2 Å². The number of rotatable bonds is 3. The Bertz CT molecular complexity index is 882. The smallest absolute Gasteiger partial charge is 0.160 e. The Hall–Kier alpha value is -1.34. The average molecular weight is 417 g/mol. The molecule has 0 fully saturated rings. The molecule has 2 heterocycles. The van der Waals surface area contributed by atoms with Crippen LogP contribution in [0.25, 0.3) is 10.9 Å².